The third kappa shape index (κ3) is 4.04. The van der Waals surface area contributed by atoms with Crippen molar-refractivity contribution in [1.82, 2.24) is 19.7 Å². The Labute approximate surface area is 174 Å². The zero-order chi connectivity index (χ0) is 21.1. The van der Waals surface area contributed by atoms with Gasteiger partial charge in [0.15, 0.2) is 5.82 Å². The highest BCUT2D eigenvalue weighted by atomic mass is 16.5. The molecule has 0 spiro atoms. The number of hydrogen-bond donors (Lipinski definition) is 3. The van der Waals surface area contributed by atoms with E-state index in [0.29, 0.717) is 30.4 Å². The summed E-state index contributed by atoms with van der Waals surface area (Å²) in [4.78, 5) is 4.63. The van der Waals surface area contributed by atoms with Crippen LogP contribution < -0.4 is 10.8 Å². The first-order chi connectivity index (χ1) is 14.6. The Morgan fingerprint density at radius 1 is 1.13 bits per heavy atom. The van der Waals surface area contributed by atoms with E-state index in [4.69, 9.17) is 4.74 Å². The van der Waals surface area contributed by atoms with E-state index in [9.17, 15) is 10.0 Å². The fraction of sp³-hybridized carbons (Fsp3) is 0.190. The zero-order valence-corrected chi connectivity index (χ0v) is 16.8. The second-order valence-electron chi connectivity index (χ2n) is 7.01. The largest absolute Gasteiger partial charge is 0.488 e. The Morgan fingerprint density at radius 3 is 2.67 bits per heavy atom. The number of nitrogens with zero attached hydrogens (tertiary/aromatic N) is 4. The minimum atomic E-state index is -1.47. The van der Waals surface area contributed by atoms with Gasteiger partial charge in [-0.05, 0) is 35.6 Å². The van der Waals surface area contributed by atoms with Gasteiger partial charge in [-0.25, -0.2) is 0 Å². The Balaban J connectivity index is 1.59. The number of nitrogens with one attached hydrogen (secondary N) is 1. The van der Waals surface area contributed by atoms with Crippen LogP contribution in [0.15, 0.2) is 54.7 Å². The minimum absolute atomic E-state index is 0.451. The van der Waals surface area contributed by atoms with Crippen LogP contribution in [0.2, 0.25) is 0 Å². The number of rotatable bonds is 7. The smallest absolute Gasteiger partial charge is 0.423 e. The Hall–Kier alpha value is -3.27. The second kappa shape index (κ2) is 8.62. The van der Waals surface area contributed by atoms with E-state index in [0.717, 1.165) is 27.7 Å². The number of methoxy groups -OCH3 is 1. The summed E-state index contributed by atoms with van der Waals surface area (Å²) in [6.07, 6.45) is 1.58. The fourth-order valence-corrected chi connectivity index (χ4v) is 3.45. The molecule has 9 heteroatoms. The van der Waals surface area contributed by atoms with Crippen molar-refractivity contribution in [2.75, 3.05) is 12.4 Å². The molecule has 152 valence electrons. The molecule has 4 aromatic rings. The Kier molecular flexibility index (Phi) is 5.76. The average Bonchev–Trinajstić information content (AvgIpc) is 3.10. The maximum Gasteiger partial charge on any atom is 0.488 e. The molecule has 0 atom stereocenters. The molecule has 0 saturated carbocycles. The third-order valence-corrected chi connectivity index (χ3v) is 4.92. The van der Waals surface area contributed by atoms with Crippen LogP contribution >= 0.6 is 0 Å². The highest BCUT2D eigenvalue weighted by Gasteiger charge is 2.14. The van der Waals surface area contributed by atoms with Gasteiger partial charge in [-0.3, -0.25) is 4.57 Å². The normalized spacial score (nSPS) is 11.1. The molecule has 0 fully saturated rings. The number of benzene rings is 2. The standard InChI is InChI=1S/C21H22BN5O3/c1-14-10-18-16(13-30-2)4-3-5-19(18)27(14)21-25-20(12-24-26-21)23-11-15-6-8-17(9-7-15)22(28)29/h3-10,12,28-29H,11,13H2,1-2H3,(H,23,25,26). The SMILES string of the molecule is COCc1cccc2c1cc(C)n2-c1nncc(NCc2ccc(B(O)O)cc2)n1. The van der Waals surface area contributed by atoms with Crippen molar-refractivity contribution in [1.29, 1.82) is 0 Å². The summed E-state index contributed by atoms with van der Waals surface area (Å²) >= 11 is 0. The summed E-state index contributed by atoms with van der Waals surface area (Å²) < 4.78 is 7.29. The topological polar surface area (TPSA) is 105 Å². The number of hydrogen-bond acceptors (Lipinski definition) is 7. The molecule has 3 N–H and O–H groups in total. The molecule has 0 bridgehead atoms. The van der Waals surface area contributed by atoms with Gasteiger partial charge in [0.25, 0.3) is 5.95 Å². The molecule has 8 nitrogen and oxygen atoms in total. The van der Waals surface area contributed by atoms with Crippen LogP contribution in [-0.4, -0.2) is 44.0 Å². The molecular weight excluding hydrogens is 381 g/mol. The van der Waals surface area contributed by atoms with Crippen LogP contribution in [-0.2, 0) is 17.9 Å². The van der Waals surface area contributed by atoms with Crippen molar-refractivity contribution in [3.05, 3.63) is 71.5 Å². The van der Waals surface area contributed by atoms with E-state index in [2.05, 4.69) is 26.6 Å². The lowest BCUT2D eigenvalue weighted by Crippen LogP contribution is -2.29. The molecule has 4 rings (SSSR count). The average molecular weight is 403 g/mol. The van der Waals surface area contributed by atoms with Crippen LogP contribution in [0, 0.1) is 6.92 Å². The van der Waals surface area contributed by atoms with Crippen molar-refractivity contribution >= 4 is 29.3 Å². The summed E-state index contributed by atoms with van der Waals surface area (Å²) in [5.41, 5.74) is 4.54. The van der Waals surface area contributed by atoms with E-state index >= 15 is 0 Å². The number of aryl methyl sites for hydroxylation is 1. The van der Waals surface area contributed by atoms with E-state index < -0.39 is 7.12 Å². The maximum absolute atomic E-state index is 9.19. The van der Waals surface area contributed by atoms with Gasteiger partial charge in [0, 0.05) is 24.7 Å². The van der Waals surface area contributed by atoms with Crippen LogP contribution in [0.5, 0.6) is 0 Å². The fourth-order valence-electron chi connectivity index (χ4n) is 3.45. The number of anilines is 1. The van der Waals surface area contributed by atoms with Gasteiger partial charge >= 0.3 is 7.12 Å². The molecule has 2 aromatic heterocycles. The molecule has 0 saturated heterocycles. The van der Waals surface area contributed by atoms with Gasteiger partial charge in [-0.1, -0.05) is 36.4 Å². The summed E-state index contributed by atoms with van der Waals surface area (Å²) in [6, 6.07) is 15.2. The molecule has 0 aliphatic rings. The predicted octanol–water partition coefficient (Wildman–Crippen LogP) is 1.56. The molecule has 2 aromatic carbocycles. The predicted molar refractivity (Wildman–Crippen MR) is 116 cm³/mol. The minimum Gasteiger partial charge on any atom is -0.423 e. The lowest BCUT2D eigenvalue weighted by molar-refractivity contribution is 0.186. The lowest BCUT2D eigenvalue weighted by atomic mass is 9.80. The van der Waals surface area contributed by atoms with Crippen molar-refractivity contribution in [2.24, 2.45) is 0 Å². The lowest BCUT2D eigenvalue weighted by Gasteiger charge is -2.10. The van der Waals surface area contributed by atoms with E-state index in [1.54, 1.807) is 25.4 Å². The van der Waals surface area contributed by atoms with E-state index in [1.165, 1.54) is 0 Å². The molecule has 2 heterocycles. The van der Waals surface area contributed by atoms with Gasteiger partial charge in [-0.2, -0.15) is 10.1 Å². The molecular formula is C21H22BN5O3. The van der Waals surface area contributed by atoms with Gasteiger partial charge in [0.2, 0.25) is 0 Å². The van der Waals surface area contributed by atoms with Crippen molar-refractivity contribution in [2.45, 2.75) is 20.1 Å². The van der Waals surface area contributed by atoms with Gasteiger partial charge in [-0.15, -0.1) is 5.10 Å². The quantitative estimate of drug-likeness (QED) is 0.402. The number of ether oxygens (including phenoxy) is 1. The zero-order valence-electron chi connectivity index (χ0n) is 16.8. The molecule has 0 amide bonds. The van der Waals surface area contributed by atoms with Crippen molar-refractivity contribution in [3.63, 3.8) is 0 Å². The highest BCUT2D eigenvalue weighted by Crippen LogP contribution is 2.26. The van der Waals surface area contributed by atoms with E-state index in [-0.39, 0.29) is 0 Å². The highest BCUT2D eigenvalue weighted by molar-refractivity contribution is 6.58. The number of fused-ring (bicyclic) bond motifs is 1. The van der Waals surface area contributed by atoms with Gasteiger partial charge < -0.3 is 20.1 Å². The molecule has 0 radical (unpaired) electrons. The second-order valence-corrected chi connectivity index (χ2v) is 7.01. The summed E-state index contributed by atoms with van der Waals surface area (Å²) in [6.45, 7) is 3.06. The first kappa shape index (κ1) is 20.0. The van der Waals surface area contributed by atoms with Gasteiger partial charge in [0.1, 0.15) is 0 Å². The number of aromatic nitrogens is 4. The molecule has 0 aliphatic carbocycles. The Bertz CT molecular complexity index is 1160. The summed E-state index contributed by atoms with van der Waals surface area (Å²) in [5.74, 6) is 1.08. The molecule has 0 unspecified atom stereocenters. The summed E-state index contributed by atoms with van der Waals surface area (Å²) in [5, 5.41) is 31.1. The Morgan fingerprint density at radius 2 is 1.93 bits per heavy atom. The van der Waals surface area contributed by atoms with Crippen molar-refractivity contribution < 1.29 is 14.8 Å². The van der Waals surface area contributed by atoms with Crippen LogP contribution in [0.25, 0.3) is 16.9 Å². The molecule has 0 aliphatic heterocycles. The van der Waals surface area contributed by atoms with Crippen molar-refractivity contribution in [3.8, 4) is 5.95 Å². The third-order valence-electron chi connectivity index (χ3n) is 4.92. The van der Waals surface area contributed by atoms with E-state index in [1.807, 2.05) is 41.8 Å². The first-order valence-electron chi connectivity index (χ1n) is 9.54. The molecule has 30 heavy (non-hydrogen) atoms. The van der Waals surface area contributed by atoms with Crippen LogP contribution in [0.1, 0.15) is 16.8 Å². The monoisotopic (exact) mass is 403 g/mol. The first-order valence-corrected chi connectivity index (χ1v) is 9.54. The maximum atomic E-state index is 9.19. The van der Waals surface area contributed by atoms with Gasteiger partial charge in [0.05, 0.1) is 18.3 Å². The van der Waals surface area contributed by atoms with Crippen LogP contribution in [0.4, 0.5) is 5.82 Å². The van der Waals surface area contributed by atoms with Crippen LogP contribution in [0.3, 0.4) is 0 Å². The summed E-state index contributed by atoms with van der Waals surface area (Å²) in [7, 11) is 0.217.